The van der Waals surface area contributed by atoms with Gasteiger partial charge in [-0.1, -0.05) is 6.07 Å². The third-order valence-corrected chi connectivity index (χ3v) is 5.73. The molecule has 1 unspecified atom stereocenters. The van der Waals surface area contributed by atoms with Crippen molar-refractivity contribution in [1.29, 1.82) is 0 Å². The summed E-state index contributed by atoms with van der Waals surface area (Å²) in [6, 6.07) is 8.02. The molecule has 0 bridgehead atoms. The van der Waals surface area contributed by atoms with Crippen molar-refractivity contribution in [3.05, 3.63) is 77.1 Å². The molecule has 2 aromatic heterocycles. The van der Waals surface area contributed by atoms with E-state index in [0.717, 1.165) is 11.8 Å². The lowest BCUT2D eigenvalue weighted by Gasteiger charge is -2.23. The zero-order valence-electron chi connectivity index (χ0n) is 19.1. The predicted octanol–water partition coefficient (Wildman–Crippen LogP) is 3.53. The van der Waals surface area contributed by atoms with Gasteiger partial charge in [-0.25, -0.2) is 4.39 Å². The number of methoxy groups -OCH3 is 2. The van der Waals surface area contributed by atoms with Gasteiger partial charge in [0.15, 0.2) is 11.5 Å². The van der Waals surface area contributed by atoms with Crippen LogP contribution in [0, 0.1) is 5.82 Å². The highest BCUT2D eigenvalue weighted by Crippen LogP contribution is 2.43. The second kappa shape index (κ2) is 9.78. The van der Waals surface area contributed by atoms with Gasteiger partial charge in [-0.05, 0) is 41.5 Å². The summed E-state index contributed by atoms with van der Waals surface area (Å²) in [5, 5.41) is 13.1. The first-order valence-electron chi connectivity index (χ1n) is 10.6. The van der Waals surface area contributed by atoms with Crippen molar-refractivity contribution in [2.24, 2.45) is 0 Å². The molecule has 0 radical (unpaired) electrons. The molecule has 2 N–H and O–H groups in total. The summed E-state index contributed by atoms with van der Waals surface area (Å²) in [4.78, 5) is 23.0. The smallest absolute Gasteiger partial charge is 0.222 e. The van der Waals surface area contributed by atoms with E-state index < -0.39 is 11.9 Å². The Morgan fingerprint density at radius 1 is 1.24 bits per heavy atom. The molecule has 1 aliphatic heterocycles. The van der Waals surface area contributed by atoms with E-state index in [1.807, 2.05) is 24.1 Å². The summed E-state index contributed by atoms with van der Waals surface area (Å²) in [6.07, 6.45) is 6.47. The Morgan fingerprint density at radius 2 is 1.97 bits per heavy atom. The molecule has 0 fully saturated rings. The van der Waals surface area contributed by atoms with Gasteiger partial charge >= 0.3 is 0 Å². The normalized spacial score (nSPS) is 15.8. The maximum Gasteiger partial charge on any atom is 0.222 e. The second-order valence-electron chi connectivity index (χ2n) is 7.86. The summed E-state index contributed by atoms with van der Waals surface area (Å²) in [5.41, 5.74) is 3.49. The van der Waals surface area contributed by atoms with Crippen LogP contribution in [0.25, 0.3) is 11.8 Å². The fraction of sp³-hybridized carbons (Fsp3) is 0.240. The summed E-state index contributed by atoms with van der Waals surface area (Å²) < 4.78 is 24.6. The van der Waals surface area contributed by atoms with Crippen molar-refractivity contribution in [1.82, 2.24) is 20.2 Å². The van der Waals surface area contributed by atoms with Crippen LogP contribution in [0.15, 0.2) is 48.9 Å². The van der Waals surface area contributed by atoms with E-state index in [-0.39, 0.29) is 29.6 Å². The number of pyridine rings is 2. The van der Waals surface area contributed by atoms with E-state index in [2.05, 4.69) is 15.3 Å². The van der Waals surface area contributed by atoms with Gasteiger partial charge < -0.3 is 24.8 Å². The first-order chi connectivity index (χ1) is 16.4. The van der Waals surface area contributed by atoms with Crippen molar-refractivity contribution in [3.63, 3.8) is 0 Å². The third-order valence-electron chi connectivity index (χ3n) is 5.73. The van der Waals surface area contributed by atoms with E-state index >= 15 is 0 Å². The van der Waals surface area contributed by atoms with Gasteiger partial charge in [-0.3, -0.25) is 14.8 Å². The molecule has 3 aromatic rings. The number of ether oxygens (including phenoxy) is 2. The van der Waals surface area contributed by atoms with Gasteiger partial charge in [0.2, 0.25) is 11.7 Å². The van der Waals surface area contributed by atoms with E-state index in [4.69, 9.17) is 9.47 Å². The number of carbonyl (C=O) groups excluding carboxylic acids is 1. The van der Waals surface area contributed by atoms with Gasteiger partial charge in [-0.15, -0.1) is 0 Å². The Kier molecular flexibility index (Phi) is 6.62. The largest absolute Gasteiger partial charge is 0.502 e. The molecule has 0 aliphatic carbocycles. The van der Waals surface area contributed by atoms with Crippen molar-refractivity contribution in [2.75, 3.05) is 21.3 Å². The number of benzene rings is 1. The maximum atomic E-state index is 14.1. The maximum absolute atomic E-state index is 14.1. The van der Waals surface area contributed by atoms with E-state index in [1.165, 1.54) is 20.3 Å². The highest BCUT2D eigenvalue weighted by molar-refractivity contribution is 5.85. The Balaban J connectivity index is 1.63. The standard InChI is InChI=1S/C25H25FN4O4/c1-30-19(11-23(31)28-13-15-5-4-6-27-12-15)18-10-17(26)14-29-24(18)20(30)7-16-8-21(33-2)25(32)22(9-16)34-3/h4-10,12,14,19,32H,11,13H2,1-3H3,(H,28,31)/b20-7+. The van der Waals surface area contributed by atoms with Crippen molar-refractivity contribution in [3.8, 4) is 17.2 Å². The molecule has 8 nitrogen and oxygen atoms in total. The molecule has 9 heteroatoms. The number of phenolic OH excluding ortho intramolecular Hbond substituents is 1. The molecule has 0 saturated heterocycles. The number of aromatic nitrogens is 2. The lowest BCUT2D eigenvalue weighted by molar-refractivity contribution is -0.122. The van der Waals surface area contributed by atoms with Crippen molar-refractivity contribution >= 4 is 17.7 Å². The van der Waals surface area contributed by atoms with Gasteiger partial charge in [0.1, 0.15) is 5.82 Å². The quantitative estimate of drug-likeness (QED) is 0.552. The number of phenols is 1. The van der Waals surface area contributed by atoms with Crippen LogP contribution < -0.4 is 14.8 Å². The highest BCUT2D eigenvalue weighted by atomic mass is 19.1. The van der Waals surface area contributed by atoms with Crippen LogP contribution in [0.1, 0.15) is 34.8 Å². The first kappa shape index (κ1) is 23.0. The molecule has 0 spiro atoms. The van der Waals surface area contributed by atoms with Gasteiger partial charge in [0, 0.05) is 31.5 Å². The third kappa shape index (κ3) is 4.63. The van der Waals surface area contributed by atoms with Crippen LogP contribution in [0.2, 0.25) is 0 Å². The number of carbonyl (C=O) groups is 1. The highest BCUT2D eigenvalue weighted by Gasteiger charge is 2.34. The number of fused-ring (bicyclic) bond motifs is 1. The van der Waals surface area contributed by atoms with Gasteiger partial charge in [-0.2, -0.15) is 0 Å². The van der Waals surface area contributed by atoms with Crippen LogP contribution in [0.4, 0.5) is 4.39 Å². The fourth-order valence-electron chi connectivity index (χ4n) is 3.99. The number of nitrogens with zero attached hydrogens (tertiary/aromatic N) is 3. The van der Waals surface area contributed by atoms with Crippen LogP contribution >= 0.6 is 0 Å². The molecular formula is C25H25FN4O4. The van der Waals surface area contributed by atoms with Crippen LogP contribution in [-0.2, 0) is 11.3 Å². The molecular weight excluding hydrogens is 439 g/mol. The number of nitrogens with one attached hydrogen (secondary N) is 1. The average Bonchev–Trinajstić information content (AvgIpc) is 3.09. The number of halogens is 1. The van der Waals surface area contributed by atoms with E-state index in [0.29, 0.717) is 29.1 Å². The van der Waals surface area contributed by atoms with E-state index in [9.17, 15) is 14.3 Å². The molecule has 1 aliphatic rings. The van der Waals surface area contributed by atoms with Gasteiger partial charge in [0.05, 0.1) is 44.3 Å². The monoisotopic (exact) mass is 464 g/mol. The zero-order chi connectivity index (χ0) is 24.2. The lowest BCUT2D eigenvalue weighted by atomic mass is 10.0. The van der Waals surface area contributed by atoms with E-state index in [1.54, 1.807) is 30.6 Å². The zero-order valence-corrected chi connectivity index (χ0v) is 19.1. The van der Waals surface area contributed by atoms with Crippen LogP contribution in [0.5, 0.6) is 17.2 Å². The molecule has 1 aromatic carbocycles. The molecule has 0 saturated carbocycles. The van der Waals surface area contributed by atoms with Crippen LogP contribution in [0.3, 0.4) is 0 Å². The topological polar surface area (TPSA) is 96.8 Å². The predicted molar refractivity (Wildman–Crippen MR) is 124 cm³/mol. The molecule has 34 heavy (non-hydrogen) atoms. The van der Waals surface area contributed by atoms with Gasteiger partial charge in [0.25, 0.3) is 0 Å². The number of hydrogen-bond donors (Lipinski definition) is 2. The minimum absolute atomic E-state index is 0.101. The molecule has 3 heterocycles. The Labute approximate surface area is 196 Å². The van der Waals surface area contributed by atoms with Crippen molar-refractivity contribution < 1.29 is 23.8 Å². The molecule has 4 rings (SSSR count). The minimum atomic E-state index is -0.470. The molecule has 1 amide bonds. The summed E-state index contributed by atoms with van der Waals surface area (Å²) in [5.74, 6) is -0.237. The number of rotatable bonds is 7. The van der Waals surface area contributed by atoms with Crippen molar-refractivity contribution in [2.45, 2.75) is 19.0 Å². The number of aromatic hydroxyl groups is 1. The Morgan fingerprint density at radius 3 is 2.62 bits per heavy atom. The second-order valence-corrected chi connectivity index (χ2v) is 7.86. The van der Waals surface area contributed by atoms with Crippen LogP contribution in [-0.4, -0.2) is 47.1 Å². The SMILES string of the molecule is COc1cc(/C=C2\c3ncc(F)cc3C(CC(=O)NCc3cccnc3)N2C)cc(OC)c1O. The summed E-state index contributed by atoms with van der Waals surface area (Å²) >= 11 is 0. The number of amides is 1. The fourth-order valence-corrected chi connectivity index (χ4v) is 3.99. The number of hydrogen-bond acceptors (Lipinski definition) is 7. The first-order valence-corrected chi connectivity index (χ1v) is 10.6. The lowest BCUT2D eigenvalue weighted by Crippen LogP contribution is -2.28. The minimum Gasteiger partial charge on any atom is -0.502 e. The Hall–Kier alpha value is -4.14. The summed E-state index contributed by atoms with van der Waals surface area (Å²) in [7, 11) is 4.74. The molecule has 176 valence electrons. The summed E-state index contributed by atoms with van der Waals surface area (Å²) in [6.45, 7) is 0.354. The molecule has 1 atom stereocenters. The Bertz CT molecular complexity index is 1210. The average molecular weight is 464 g/mol.